The highest BCUT2D eigenvalue weighted by Crippen LogP contribution is 2.56. The van der Waals surface area contributed by atoms with E-state index < -0.39 is 0 Å². The first-order chi connectivity index (χ1) is 10.9. The number of hydrogen-bond acceptors (Lipinski definition) is 4. The van der Waals surface area contributed by atoms with E-state index >= 15 is 0 Å². The third kappa shape index (κ3) is 1.97. The van der Waals surface area contributed by atoms with Crippen molar-refractivity contribution in [3.63, 3.8) is 0 Å². The van der Waals surface area contributed by atoms with Gasteiger partial charge in [-0.25, -0.2) is 0 Å². The highest BCUT2D eigenvalue weighted by atomic mass is 32.1. The first-order valence-corrected chi connectivity index (χ1v) is 10.2. The number of hydrogen-bond donors (Lipinski definition) is 0. The number of rotatable bonds is 3. The molecule has 2 aromatic rings. The van der Waals surface area contributed by atoms with Gasteiger partial charge in [0.25, 0.3) is 0 Å². The second kappa shape index (κ2) is 5.17. The molecule has 5 heterocycles. The fraction of sp³-hybridized carbons (Fsp3) is 0.556. The fourth-order valence-electron chi connectivity index (χ4n) is 5.24. The highest BCUT2D eigenvalue weighted by molar-refractivity contribution is 7.10. The maximum absolute atomic E-state index is 2.89. The van der Waals surface area contributed by atoms with E-state index in [4.69, 9.17) is 0 Å². The van der Waals surface area contributed by atoms with Crippen LogP contribution < -0.4 is 0 Å². The molecule has 0 bridgehead atoms. The Kier molecular flexibility index (Phi) is 3.22. The predicted octanol–water partition coefficient (Wildman–Crippen LogP) is 4.22. The van der Waals surface area contributed by atoms with E-state index in [0.29, 0.717) is 11.6 Å². The largest absolute Gasteiger partial charge is 0.296 e. The Morgan fingerprint density at radius 2 is 2.09 bits per heavy atom. The van der Waals surface area contributed by atoms with Crippen LogP contribution in [0.2, 0.25) is 0 Å². The van der Waals surface area contributed by atoms with E-state index in [-0.39, 0.29) is 0 Å². The zero-order valence-electron chi connectivity index (χ0n) is 12.8. The fourth-order valence-corrected chi connectivity index (χ4v) is 6.84. The zero-order valence-corrected chi connectivity index (χ0v) is 14.4. The minimum atomic E-state index is 0.492. The maximum atomic E-state index is 2.89. The Balaban J connectivity index is 1.39. The van der Waals surface area contributed by atoms with Gasteiger partial charge in [0.05, 0.1) is 0 Å². The first kappa shape index (κ1) is 13.7. The molecule has 0 aliphatic carbocycles. The third-order valence-electron chi connectivity index (χ3n) is 6.03. The van der Waals surface area contributed by atoms with Crippen LogP contribution >= 0.6 is 22.7 Å². The molecule has 22 heavy (non-hydrogen) atoms. The van der Waals surface area contributed by atoms with E-state index in [0.717, 1.165) is 12.5 Å². The minimum absolute atomic E-state index is 0.492. The summed E-state index contributed by atoms with van der Waals surface area (Å²) in [6.45, 7) is 5.06. The normalized spacial score (nSPS) is 35.1. The van der Waals surface area contributed by atoms with Crippen LogP contribution in [0.25, 0.3) is 0 Å². The molecule has 3 aliphatic rings. The lowest BCUT2D eigenvalue weighted by atomic mass is 9.86. The van der Waals surface area contributed by atoms with Crippen LogP contribution in [0.1, 0.15) is 35.1 Å². The van der Waals surface area contributed by atoms with Crippen molar-refractivity contribution in [1.29, 1.82) is 0 Å². The standard InChI is InChI=1S/C18H22N2S2/c1-4-15(21-8-1)12-19-11-14-10-16(17-5-2-9-22-17)20-7-3-6-18(14,20)13-19/h1-2,4-5,8-9,14,16H,3,6-7,10-13H2. The van der Waals surface area contributed by atoms with Crippen LogP contribution in [0.4, 0.5) is 0 Å². The molecule has 3 saturated heterocycles. The summed E-state index contributed by atoms with van der Waals surface area (Å²) >= 11 is 3.86. The number of thiophene rings is 2. The molecule has 0 amide bonds. The number of likely N-dealkylation sites (tertiary alicyclic amines) is 1. The minimum Gasteiger partial charge on any atom is -0.296 e. The first-order valence-electron chi connectivity index (χ1n) is 8.40. The molecule has 0 radical (unpaired) electrons. The second-order valence-electron chi connectivity index (χ2n) is 7.11. The van der Waals surface area contributed by atoms with E-state index in [2.05, 4.69) is 44.8 Å². The van der Waals surface area contributed by atoms with Crippen LogP contribution in [0.5, 0.6) is 0 Å². The average Bonchev–Trinajstić information content (AvgIpc) is 3.25. The second-order valence-corrected chi connectivity index (χ2v) is 9.12. The molecule has 3 atom stereocenters. The van der Waals surface area contributed by atoms with Gasteiger partial charge in [-0.2, -0.15) is 0 Å². The quantitative estimate of drug-likeness (QED) is 0.831. The molecule has 1 spiro atoms. The molecule has 0 N–H and O–H groups in total. The Morgan fingerprint density at radius 1 is 1.18 bits per heavy atom. The van der Waals surface area contributed by atoms with Gasteiger partial charge in [0.2, 0.25) is 0 Å². The molecule has 2 nitrogen and oxygen atoms in total. The molecule has 5 rings (SSSR count). The topological polar surface area (TPSA) is 6.48 Å². The smallest absolute Gasteiger partial charge is 0.0451 e. The van der Waals surface area contributed by atoms with Gasteiger partial charge >= 0.3 is 0 Å². The summed E-state index contributed by atoms with van der Waals surface area (Å²) in [4.78, 5) is 8.73. The van der Waals surface area contributed by atoms with E-state index in [1.165, 1.54) is 43.8 Å². The lowest BCUT2D eigenvalue weighted by molar-refractivity contribution is 0.133. The Hall–Kier alpha value is -0.680. The van der Waals surface area contributed by atoms with Crippen molar-refractivity contribution in [2.45, 2.75) is 37.4 Å². The highest BCUT2D eigenvalue weighted by Gasteiger charge is 2.59. The Morgan fingerprint density at radius 3 is 2.91 bits per heavy atom. The molecular weight excluding hydrogens is 308 g/mol. The molecule has 0 aromatic carbocycles. The van der Waals surface area contributed by atoms with Crippen molar-refractivity contribution >= 4 is 22.7 Å². The van der Waals surface area contributed by atoms with Gasteiger partial charge in [-0.1, -0.05) is 12.1 Å². The van der Waals surface area contributed by atoms with Gasteiger partial charge < -0.3 is 0 Å². The van der Waals surface area contributed by atoms with Gasteiger partial charge in [0.1, 0.15) is 0 Å². The molecule has 2 aromatic heterocycles. The van der Waals surface area contributed by atoms with Crippen LogP contribution in [-0.4, -0.2) is 35.0 Å². The van der Waals surface area contributed by atoms with Crippen molar-refractivity contribution in [1.82, 2.24) is 9.80 Å². The lowest BCUT2D eigenvalue weighted by Gasteiger charge is -2.34. The Bertz CT molecular complexity index is 636. The zero-order chi connectivity index (χ0) is 14.6. The lowest BCUT2D eigenvalue weighted by Crippen LogP contribution is -2.45. The van der Waals surface area contributed by atoms with Gasteiger partial charge in [0, 0.05) is 41.0 Å². The van der Waals surface area contributed by atoms with E-state index in [9.17, 15) is 0 Å². The summed E-state index contributed by atoms with van der Waals surface area (Å²) in [6, 6.07) is 9.75. The SMILES string of the molecule is c1csc(CN2CC3CC(c4cccs4)N4CCCC34C2)c1. The molecular formula is C18H22N2S2. The van der Waals surface area contributed by atoms with Crippen LogP contribution in [0, 0.1) is 5.92 Å². The summed E-state index contributed by atoms with van der Waals surface area (Å²) in [5.74, 6) is 0.877. The van der Waals surface area contributed by atoms with Crippen molar-refractivity contribution in [3.8, 4) is 0 Å². The van der Waals surface area contributed by atoms with Gasteiger partial charge in [-0.15, -0.1) is 22.7 Å². The van der Waals surface area contributed by atoms with Gasteiger partial charge in [-0.3, -0.25) is 9.80 Å². The summed E-state index contributed by atoms with van der Waals surface area (Å²) in [5, 5.41) is 4.45. The molecule has 0 saturated carbocycles. The van der Waals surface area contributed by atoms with Crippen molar-refractivity contribution < 1.29 is 0 Å². The summed E-state index contributed by atoms with van der Waals surface area (Å²) < 4.78 is 0. The molecule has 3 aliphatic heterocycles. The predicted molar refractivity (Wildman–Crippen MR) is 93.4 cm³/mol. The average molecular weight is 331 g/mol. The Labute approximate surface area is 140 Å². The molecule has 116 valence electrons. The molecule has 3 unspecified atom stereocenters. The van der Waals surface area contributed by atoms with E-state index in [1.807, 2.05) is 22.7 Å². The van der Waals surface area contributed by atoms with Gasteiger partial charge in [0.15, 0.2) is 0 Å². The van der Waals surface area contributed by atoms with Crippen molar-refractivity contribution in [2.24, 2.45) is 5.92 Å². The van der Waals surface area contributed by atoms with E-state index in [1.54, 1.807) is 4.88 Å². The molecule has 3 fully saturated rings. The third-order valence-corrected chi connectivity index (χ3v) is 7.87. The summed E-state index contributed by atoms with van der Waals surface area (Å²) in [7, 11) is 0. The monoisotopic (exact) mass is 330 g/mol. The van der Waals surface area contributed by atoms with Crippen LogP contribution in [0.3, 0.4) is 0 Å². The summed E-state index contributed by atoms with van der Waals surface area (Å²) in [6.07, 6.45) is 4.19. The van der Waals surface area contributed by atoms with Crippen molar-refractivity contribution in [3.05, 3.63) is 44.8 Å². The van der Waals surface area contributed by atoms with Crippen molar-refractivity contribution in [2.75, 3.05) is 19.6 Å². The number of nitrogens with zero attached hydrogens (tertiary/aromatic N) is 2. The maximum Gasteiger partial charge on any atom is 0.0451 e. The van der Waals surface area contributed by atoms with Gasteiger partial charge in [-0.05, 0) is 54.6 Å². The molecule has 4 heteroatoms. The summed E-state index contributed by atoms with van der Waals surface area (Å²) in [5.41, 5.74) is 0.492. The van der Waals surface area contributed by atoms with Crippen LogP contribution in [-0.2, 0) is 6.54 Å². The van der Waals surface area contributed by atoms with Crippen LogP contribution in [0.15, 0.2) is 35.0 Å².